The second-order valence-electron chi connectivity index (χ2n) is 8.48. The number of carbonyl (C=O) groups excluding carboxylic acids is 3. The quantitative estimate of drug-likeness (QED) is 0.230. The number of nitrogens with one attached hydrogen (secondary N) is 3. The van der Waals surface area contributed by atoms with Gasteiger partial charge in [-0.1, -0.05) is 74.5 Å². The van der Waals surface area contributed by atoms with Crippen molar-refractivity contribution in [2.45, 2.75) is 38.8 Å². The summed E-state index contributed by atoms with van der Waals surface area (Å²) in [6.07, 6.45) is 0.704. The summed E-state index contributed by atoms with van der Waals surface area (Å²) >= 11 is 0. The van der Waals surface area contributed by atoms with Crippen LogP contribution < -0.4 is 21.9 Å². The Hall–Kier alpha value is -3.71. The Morgan fingerprint density at radius 1 is 0.788 bits per heavy atom. The standard InChI is InChI=1S/C26H30N4O3/c1-17(2)14-22(26(33)30-27)29-25(32)23(15-18-8-4-3-5-9-18)28-24(31)21-13-12-19-10-6-7-11-20(19)16-21/h3-13,16-17,22-23H,14-15,27H2,1-2H3,(H,28,31)(H,29,32)(H,30,33)/t22-,23+/m1/s1. The second-order valence-corrected chi connectivity index (χ2v) is 8.48. The lowest BCUT2D eigenvalue weighted by atomic mass is 10.0. The van der Waals surface area contributed by atoms with E-state index in [1.54, 1.807) is 12.1 Å². The minimum atomic E-state index is -0.869. The molecule has 3 amide bonds. The van der Waals surface area contributed by atoms with E-state index in [0.717, 1.165) is 16.3 Å². The van der Waals surface area contributed by atoms with E-state index in [4.69, 9.17) is 5.84 Å². The molecule has 7 heteroatoms. The van der Waals surface area contributed by atoms with Crippen LogP contribution in [0.4, 0.5) is 0 Å². The maximum Gasteiger partial charge on any atom is 0.256 e. The molecule has 2 atom stereocenters. The van der Waals surface area contributed by atoms with Gasteiger partial charge >= 0.3 is 0 Å². The van der Waals surface area contributed by atoms with Gasteiger partial charge in [-0.25, -0.2) is 5.84 Å². The summed E-state index contributed by atoms with van der Waals surface area (Å²) in [6.45, 7) is 3.90. The van der Waals surface area contributed by atoms with Gasteiger partial charge in [0.25, 0.3) is 11.8 Å². The molecule has 0 saturated carbocycles. The molecule has 172 valence electrons. The Bertz CT molecular complexity index is 1110. The van der Waals surface area contributed by atoms with Crippen LogP contribution in [0.15, 0.2) is 72.8 Å². The molecule has 0 saturated heterocycles. The molecule has 5 N–H and O–H groups in total. The van der Waals surface area contributed by atoms with Crippen molar-refractivity contribution in [1.29, 1.82) is 0 Å². The lowest BCUT2D eigenvalue weighted by molar-refractivity contribution is -0.130. The molecule has 0 radical (unpaired) electrons. The monoisotopic (exact) mass is 446 g/mol. The number of fused-ring (bicyclic) bond motifs is 1. The third-order valence-electron chi connectivity index (χ3n) is 5.40. The number of hydrogen-bond acceptors (Lipinski definition) is 4. The Labute approximate surface area is 193 Å². The highest BCUT2D eigenvalue weighted by Crippen LogP contribution is 2.16. The number of hydrogen-bond donors (Lipinski definition) is 4. The van der Waals surface area contributed by atoms with Crippen LogP contribution >= 0.6 is 0 Å². The molecule has 0 unspecified atom stereocenters. The van der Waals surface area contributed by atoms with Crippen LogP contribution in [0.1, 0.15) is 36.2 Å². The van der Waals surface area contributed by atoms with Gasteiger partial charge in [-0.15, -0.1) is 0 Å². The minimum absolute atomic E-state index is 0.160. The van der Waals surface area contributed by atoms with E-state index in [9.17, 15) is 14.4 Å². The van der Waals surface area contributed by atoms with E-state index in [0.29, 0.717) is 12.0 Å². The molecule has 33 heavy (non-hydrogen) atoms. The van der Waals surface area contributed by atoms with Gasteiger partial charge in [0.1, 0.15) is 12.1 Å². The van der Waals surface area contributed by atoms with Crippen molar-refractivity contribution < 1.29 is 14.4 Å². The van der Waals surface area contributed by atoms with E-state index in [-0.39, 0.29) is 18.2 Å². The molecule has 0 fully saturated rings. The van der Waals surface area contributed by atoms with Crippen molar-refractivity contribution >= 4 is 28.5 Å². The number of carbonyl (C=O) groups is 3. The Morgan fingerprint density at radius 2 is 1.45 bits per heavy atom. The summed E-state index contributed by atoms with van der Waals surface area (Å²) in [6, 6.07) is 20.9. The van der Waals surface area contributed by atoms with Crippen LogP contribution in [0.5, 0.6) is 0 Å². The molecule has 0 aliphatic carbocycles. The molecule has 0 bridgehead atoms. The van der Waals surface area contributed by atoms with Crippen molar-refractivity contribution in [1.82, 2.24) is 16.1 Å². The van der Waals surface area contributed by atoms with Crippen molar-refractivity contribution in [2.24, 2.45) is 11.8 Å². The van der Waals surface area contributed by atoms with Gasteiger partial charge in [0, 0.05) is 12.0 Å². The molecular weight excluding hydrogens is 416 g/mol. The average molecular weight is 447 g/mol. The van der Waals surface area contributed by atoms with Crippen molar-refractivity contribution in [3.8, 4) is 0 Å². The predicted octanol–water partition coefficient (Wildman–Crippen LogP) is 2.70. The number of rotatable bonds is 9. The highest BCUT2D eigenvalue weighted by molar-refractivity contribution is 6.01. The van der Waals surface area contributed by atoms with Crippen molar-refractivity contribution in [3.63, 3.8) is 0 Å². The maximum absolute atomic E-state index is 13.2. The predicted molar refractivity (Wildman–Crippen MR) is 129 cm³/mol. The molecule has 0 aromatic heterocycles. The number of nitrogens with two attached hydrogens (primary N) is 1. The second kappa shape index (κ2) is 11.2. The average Bonchev–Trinajstić information content (AvgIpc) is 2.82. The van der Waals surface area contributed by atoms with Crippen LogP contribution in [0, 0.1) is 5.92 Å². The minimum Gasteiger partial charge on any atom is -0.342 e. The molecule has 0 aliphatic heterocycles. The van der Waals surface area contributed by atoms with E-state index >= 15 is 0 Å². The summed E-state index contributed by atoms with van der Waals surface area (Å²) < 4.78 is 0. The highest BCUT2D eigenvalue weighted by atomic mass is 16.2. The first-order valence-electron chi connectivity index (χ1n) is 11.0. The molecular formula is C26H30N4O3. The topological polar surface area (TPSA) is 113 Å². The summed E-state index contributed by atoms with van der Waals surface area (Å²) in [5.74, 6) is 4.19. The van der Waals surface area contributed by atoms with Gasteiger partial charge in [0.15, 0.2) is 0 Å². The van der Waals surface area contributed by atoms with E-state index in [1.165, 1.54) is 0 Å². The van der Waals surface area contributed by atoms with Crippen molar-refractivity contribution in [2.75, 3.05) is 0 Å². The fraction of sp³-hybridized carbons (Fsp3) is 0.269. The zero-order chi connectivity index (χ0) is 23.8. The Kier molecular flexibility index (Phi) is 8.16. The van der Waals surface area contributed by atoms with E-state index in [2.05, 4.69) is 16.1 Å². The summed E-state index contributed by atoms with van der Waals surface area (Å²) in [7, 11) is 0. The number of amides is 3. The molecule has 3 rings (SSSR count). The molecule has 3 aromatic rings. The van der Waals surface area contributed by atoms with Crippen LogP contribution in [-0.2, 0) is 16.0 Å². The van der Waals surface area contributed by atoms with Crippen molar-refractivity contribution in [3.05, 3.63) is 83.9 Å². The number of hydrazine groups is 1. The zero-order valence-electron chi connectivity index (χ0n) is 18.9. The fourth-order valence-electron chi connectivity index (χ4n) is 3.71. The molecule has 0 aliphatic rings. The van der Waals surface area contributed by atoms with Crippen LogP contribution in [0.25, 0.3) is 10.8 Å². The fourth-order valence-corrected chi connectivity index (χ4v) is 3.71. The lowest BCUT2D eigenvalue weighted by Gasteiger charge is -2.24. The Morgan fingerprint density at radius 3 is 2.12 bits per heavy atom. The molecule has 7 nitrogen and oxygen atoms in total. The highest BCUT2D eigenvalue weighted by Gasteiger charge is 2.27. The lowest BCUT2D eigenvalue weighted by Crippen LogP contribution is -2.55. The summed E-state index contributed by atoms with van der Waals surface area (Å²) in [4.78, 5) is 38.4. The van der Waals surface area contributed by atoms with Crippen LogP contribution in [-0.4, -0.2) is 29.8 Å². The van der Waals surface area contributed by atoms with Crippen LogP contribution in [0.3, 0.4) is 0 Å². The van der Waals surface area contributed by atoms with Gasteiger partial charge in [-0.2, -0.15) is 0 Å². The zero-order valence-corrected chi connectivity index (χ0v) is 18.9. The largest absolute Gasteiger partial charge is 0.342 e. The van der Waals surface area contributed by atoms with E-state index < -0.39 is 23.9 Å². The third kappa shape index (κ3) is 6.63. The van der Waals surface area contributed by atoms with E-state index in [1.807, 2.05) is 74.5 Å². The molecule has 0 heterocycles. The number of benzene rings is 3. The molecule has 0 spiro atoms. The van der Waals surface area contributed by atoms with Gasteiger partial charge in [0.2, 0.25) is 5.91 Å². The Balaban J connectivity index is 1.82. The van der Waals surface area contributed by atoms with Gasteiger partial charge < -0.3 is 10.6 Å². The first kappa shape index (κ1) is 23.9. The first-order chi connectivity index (χ1) is 15.9. The van der Waals surface area contributed by atoms with Gasteiger partial charge in [-0.3, -0.25) is 19.8 Å². The maximum atomic E-state index is 13.2. The summed E-state index contributed by atoms with van der Waals surface area (Å²) in [5.41, 5.74) is 3.45. The SMILES string of the molecule is CC(C)C[C@@H](NC(=O)[C@H](Cc1ccccc1)NC(=O)c1ccc2ccccc2c1)C(=O)NN. The smallest absolute Gasteiger partial charge is 0.256 e. The third-order valence-corrected chi connectivity index (χ3v) is 5.40. The van der Waals surface area contributed by atoms with Gasteiger partial charge in [0.05, 0.1) is 0 Å². The van der Waals surface area contributed by atoms with Gasteiger partial charge in [-0.05, 0) is 40.8 Å². The van der Waals surface area contributed by atoms with Crippen LogP contribution in [0.2, 0.25) is 0 Å². The molecule has 3 aromatic carbocycles. The summed E-state index contributed by atoms with van der Waals surface area (Å²) in [5, 5.41) is 7.57. The normalized spacial score (nSPS) is 12.7. The first-order valence-corrected chi connectivity index (χ1v) is 11.0.